The van der Waals surface area contributed by atoms with Gasteiger partial charge in [0.05, 0.1) is 5.56 Å². The quantitative estimate of drug-likeness (QED) is 0.799. The minimum atomic E-state index is -1.30. The Balaban J connectivity index is 2.19. The summed E-state index contributed by atoms with van der Waals surface area (Å²) in [7, 11) is 0. The fraction of sp³-hybridized carbons (Fsp3) is 0.133. The highest BCUT2D eigenvalue weighted by atomic mass is 19.1. The van der Waals surface area contributed by atoms with Gasteiger partial charge in [-0.15, -0.1) is 0 Å². The maximum Gasteiger partial charge on any atom is 0.338 e. The first kappa shape index (κ1) is 13.9. The predicted octanol–water partition coefficient (Wildman–Crippen LogP) is 3.40. The molecule has 104 valence electrons. The normalized spacial score (nSPS) is 11.9. The number of rotatable bonds is 4. The number of aromatic carboxylic acids is 1. The van der Waals surface area contributed by atoms with Crippen LogP contribution in [0.25, 0.3) is 0 Å². The van der Waals surface area contributed by atoms with E-state index in [1.807, 2.05) is 6.92 Å². The van der Waals surface area contributed by atoms with E-state index in [-0.39, 0.29) is 17.4 Å². The van der Waals surface area contributed by atoms with Gasteiger partial charge in [0, 0.05) is 11.7 Å². The van der Waals surface area contributed by atoms with Crippen molar-refractivity contribution in [1.29, 1.82) is 0 Å². The molecule has 0 heterocycles. The van der Waals surface area contributed by atoms with E-state index >= 15 is 0 Å². The number of hydrogen-bond acceptors (Lipinski definition) is 3. The van der Waals surface area contributed by atoms with E-state index in [0.29, 0.717) is 5.69 Å². The molecule has 5 heteroatoms. The molecule has 0 radical (unpaired) electrons. The van der Waals surface area contributed by atoms with E-state index in [9.17, 15) is 14.3 Å². The molecular formula is C15H14FNO3. The number of hydrogen-bond donors (Lipinski definition) is 3. The number of benzene rings is 2. The molecule has 0 spiro atoms. The Kier molecular flexibility index (Phi) is 3.89. The third kappa shape index (κ3) is 3.06. The van der Waals surface area contributed by atoms with Crippen molar-refractivity contribution in [2.45, 2.75) is 13.0 Å². The SMILES string of the molecule is CC(Nc1ccc(F)c(C(=O)O)c1)c1ccc(O)cc1. The van der Waals surface area contributed by atoms with Gasteiger partial charge in [0.2, 0.25) is 0 Å². The summed E-state index contributed by atoms with van der Waals surface area (Å²) in [6.45, 7) is 1.89. The van der Waals surface area contributed by atoms with Crippen LogP contribution in [0.4, 0.5) is 10.1 Å². The molecule has 0 amide bonds. The van der Waals surface area contributed by atoms with Crippen molar-refractivity contribution in [2.75, 3.05) is 5.32 Å². The lowest BCUT2D eigenvalue weighted by Gasteiger charge is -2.16. The molecule has 1 unspecified atom stereocenters. The molecule has 0 bridgehead atoms. The van der Waals surface area contributed by atoms with Gasteiger partial charge in [0.1, 0.15) is 11.6 Å². The van der Waals surface area contributed by atoms with Gasteiger partial charge in [-0.25, -0.2) is 9.18 Å². The van der Waals surface area contributed by atoms with E-state index in [0.717, 1.165) is 11.6 Å². The average molecular weight is 275 g/mol. The number of phenols is 1. The van der Waals surface area contributed by atoms with Crippen molar-refractivity contribution in [3.05, 3.63) is 59.4 Å². The minimum Gasteiger partial charge on any atom is -0.508 e. The molecule has 4 nitrogen and oxygen atoms in total. The van der Waals surface area contributed by atoms with E-state index in [2.05, 4.69) is 5.32 Å². The smallest absolute Gasteiger partial charge is 0.338 e. The summed E-state index contributed by atoms with van der Waals surface area (Å²) in [5, 5.41) is 21.2. The summed E-state index contributed by atoms with van der Waals surface area (Å²) in [5.41, 5.74) is 1.07. The number of carboxylic acids is 1. The van der Waals surface area contributed by atoms with Crippen LogP contribution in [0.2, 0.25) is 0 Å². The molecule has 2 aromatic carbocycles. The van der Waals surface area contributed by atoms with E-state index in [1.54, 1.807) is 24.3 Å². The molecule has 0 saturated heterocycles. The van der Waals surface area contributed by atoms with Crippen molar-refractivity contribution >= 4 is 11.7 Å². The third-order valence-electron chi connectivity index (χ3n) is 2.97. The summed E-state index contributed by atoms with van der Waals surface area (Å²) < 4.78 is 13.3. The molecule has 0 fully saturated rings. The average Bonchev–Trinajstić information content (AvgIpc) is 2.41. The van der Waals surface area contributed by atoms with Crippen LogP contribution in [0.15, 0.2) is 42.5 Å². The lowest BCUT2D eigenvalue weighted by molar-refractivity contribution is 0.0692. The number of anilines is 1. The molecule has 0 aliphatic heterocycles. The van der Waals surface area contributed by atoms with E-state index in [4.69, 9.17) is 5.11 Å². The standard InChI is InChI=1S/C15H14FNO3/c1-9(10-2-5-12(18)6-3-10)17-11-4-7-14(16)13(8-11)15(19)20/h2-9,17-18H,1H3,(H,19,20). The molecule has 0 saturated carbocycles. The maximum atomic E-state index is 13.3. The van der Waals surface area contributed by atoms with E-state index in [1.165, 1.54) is 12.1 Å². The van der Waals surface area contributed by atoms with Crippen LogP contribution in [0.3, 0.4) is 0 Å². The van der Waals surface area contributed by atoms with Crippen molar-refractivity contribution in [3.8, 4) is 5.75 Å². The zero-order valence-electron chi connectivity index (χ0n) is 10.8. The molecular weight excluding hydrogens is 261 g/mol. The molecule has 0 aliphatic carbocycles. The topological polar surface area (TPSA) is 69.6 Å². The first-order valence-corrected chi connectivity index (χ1v) is 6.05. The molecule has 0 aliphatic rings. The Bertz CT molecular complexity index is 626. The Morgan fingerprint density at radius 3 is 2.45 bits per heavy atom. The van der Waals surface area contributed by atoms with Crippen LogP contribution in [-0.2, 0) is 0 Å². The third-order valence-corrected chi connectivity index (χ3v) is 2.97. The number of aromatic hydroxyl groups is 1. The largest absolute Gasteiger partial charge is 0.508 e. The van der Waals surface area contributed by atoms with Crippen molar-refractivity contribution in [3.63, 3.8) is 0 Å². The van der Waals surface area contributed by atoms with Gasteiger partial charge in [-0.2, -0.15) is 0 Å². The van der Waals surface area contributed by atoms with Gasteiger partial charge in [-0.3, -0.25) is 0 Å². The van der Waals surface area contributed by atoms with Crippen LogP contribution in [0.5, 0.6) is 5.75 Å². The van der Waals surface area contributed by atoms with Gasteiger partial charge < -0.3 is 15.5 Å². The Labute approximate surface area is 115 Å². The van der Waals surface area contributed by atoms with Crippen LogP contribution < -0.4 is 5.32 Å². The molecule has 2 aromatic rings. The molecule has 3 N–H and O–H groups in total. The highest BCUT2D eigenvalue weighted by molar-refractivity contribution is 5.89. The second-order valence-electron chi connectivity index (χ2n) is 4.46. The van der Waals surface area contributed by atoms with Crippen molar-refractivity contribution in [1.82, 2.24) is 0 Å². The van der Waals surface area contributed by atoms with Crippen molar-refractivity contribution in [2.24, 2.45) is 0 Å². The Morgan fingerprint density at radius 2 is 1.85 bits per heavy atom. The number of phenolic OH excluding ortho intramolecular Hbond substituents is 1. The molecule has 1 atom stereocenters. The van der Waals surface area contributed by atoms with Gasteiger partial charge in [-0.1, -0.05) is 12.1 Å². The molecule has 2 rings (SSSR count). The summed E-state index contributed by atoms with van der Waals surface area (Å²) in [5.74, 6) is -1.89. The lowest BCUT2D eigenvalue weighted by atomic mass is 10.1. The van der Waals surface area contributed by atoms with Crippen LogP contribution in [0, 0.1) is 5.82 Å². The van der Waals surface area contributed by atoms with E-state index < -0.39 is 11.8 Å². The second kappa shape index (κ2) is 5.61. The first-order chi connectivity index (χ1) is 9.47. The first-order valence-electron chi connectivity index (χ1n) is 6.05. The summed E-state index contributed by atoms with van der Waals surface area (Å²) >= 11 is 0. The predicted molar refractivity (Wildman–Crippen MR) is 73.5 cm³/mol. The Morgan fingerprint density at radius 1 is 1.20 bits per heavy atom. The Hall–Kier alpha value is -2.56. The highest BCUT2D eigenvalue weighted by Crippen LogP contribution is 2.22. The highest BCUT2D eigenvalue weighted by Gasteiger charge is 2.12. The van der Waals surface area contributed by atoms with Gasteiger partial charge in [-0.05, 0) is 42.8 Å². The fourth-order valence-electron chi connectivity index (χ4n) is 1.88. The maximum absolute atomic E-state index is 13.3. The van der Waals surface area contributed by atoms with Crippen LogP contribution >= 0.6 is 0 Å². The number of halogens is 1. The van der Waals surface area contributed by atoms with Gasteiger partial charge in [0.25, 0.3) is 0 Å². The summed E-state index contributed by atoms with van der Waals surface area (Å²) in [6.07, 6.45) is 0. The molecule has 0 aromatic heterocycles. The van der Waals surface area contributed by atoms with Crippen molar-refractivity contribution < 1.29 is 19.4 Å². The van der Waals surface area contributed by atoms with Gasteiger partial charge >= 0.3 is 5.97 Å². The lowest BCUT2D eigenvalue weighted by Crippen LogP contribution is -2.08. The number of nitrogens with one attached hydrogen (secondary N) is 1. The number of carbonyl (C=O) groups is 1. The number of carboxylic acid groups (broad SMARTS) is 1. The molecule has 20 heavy (non-hydrogen) atoms. The van der Waals surface area contributed by atoms with Crippen LogP contribution in [0.1, 0.15) is 28.9 Å². The minimum absolute atomic E-state index is 0.109. The van der Waals surface area contributed by atoms with Gasteiger partial charge in [0.15, 0.2) is 0 Å². The zero-order valence-corrected chi connectivity index (χ0v) is 10.8. The summed E-state index contributed by atoms with van der Waals surface area (Å²) in [6, 6.07) is 10.4. The fourth-order valence-corrected chi connectivity index (χ4v) is 1.88. The van der Waals surface area contributed by atoms with Crippen LogP contribution in [-0.4, -0.2) is 16.2 Å². The summed E-state index contributed by atoms with van der Waals surface area (Å²) in [4.78, 5) is 10.9. The zero-order chi connectivity index (χ0) is 14.7. The monoisotopic (exact) mass is 275 g/mol. The second-order valence-corrected chi connectivity index (χ2v) is 4.46.